The zero-order chi connectivity index (χ0) is 23.8. The topological polar surface area (TPSA) is 49.4 Å². The Hall–Kier alpha value is -3.47. The Bertz CT molecular complexity index is 1080. The van der Waals surface area contributed by atoms with Crippen LogP contribution < -0.4 is 5.32 Å². The first kappa shape index (κ1) is 23.7. The van der Waals surface area contributed by atoms with Gasteiger partial charge in [-0.2, -0.15) is 0 Å². The van der Waals surface area contributed by atoms with Crippen LogP contribution in [0.1, 0.15) is 42.4 Å². The van der Waals surface area contributed by atoms with Crippen LogP contribution in [0.4, 0.5) is 4.39 Å². The van der Waals surface area contributed by atoms with Gasteiger partial charge in [0.05, 0.1) is 6.42 Å². The Kier molecular flexibility index (Phi) is 8.08. The summed E-state index contributed by atoms with van der Waals surface area (Å²) in [5.74, 6) is -0.824. The van der Waals surface area contributed by atoms with Crippen LogP contribution in [0.25, 0.3) is 0 Å². The summed E-state index contributed by atoms with van der Waals surface area (Å²) in [5.41, 5.74) is 2.24. The Morgan fingerprint density at radius 3 is 2.09 bits per heavy atom. The monoisotopic (exact) mass is 458 g/mol. The standard InChI is InChI=1S/C29H31FN2O2/c30-26-18-10-7-15-24(26)20-28(33)32(21-23-13-5-2-6-14-23)27(19-22-11-3-1-4-12-22)29(34)31-25-16-8-9-17-25/h1-7,10-15,18,25,27H,8-9,16-17,19-21H2,(H,31,34). The number of carbonyl (C=O) groups excluding carboxylic acids is 2. The van der Waals surface area contributed by atoms with Crippen molar-refractivity contribution in [1.29, 1.82) is 0 Å². The molecule has 1 atom stereocenters. The number of halogens is 1. The second kappa shape index (κ2) is 11.6. The quantitative estimate of drug-likeness (QED) is 0.487. The van der Waals surface area contributed by atoms with Crippen LogP contribution in [0.15, 0.2) is 84.9 Å². The van der Waals surface area contributed by atoms with Crippen LogP contribution in [-0.4, -0.2) is 28.8 Å². The van der Waals surface area contributed by atoms with Gasteiger partial charge in [-0.05, 0) is 35.6 Å². The van der Waals surface area contributed by atoms with Crippen LogP contribution in [0.3, 0.4) is 0 Å². The molecule has 4 rings (SSSR count). The van der Waals surface area contributed by atoms with E-state index >= 15 is 0 Å². The minimum Gasteiger partial charge on any atom is -0.352 e. The number of hydrogen-bond donors (Lipinski definition) is 1. The first-order valence-corrected chi connectivity index (χ1v) is 12.0. The molecule has 3 aromatic rings. The van der Waals surface area contributed by atoms with Crippen molar-refractivity contribution in [3.05, 3.63) is 107 Å². The van der Waals surface area contributed by atoms with Crippen molar-refractivity contribution in [3.63, 3.8) is 0 Å². The summed E-state index contributed by atoms with van der Waals surface area (Å²) in [6.45, 7) is 0.281. The largest absolute Gasteiger partial charge is 0.352 e. The van der Waals surface area contributed by atoms with Gasteiger partial charge >= 0.3 is 0 Å². The molecule has 1 unspecified atom stereocenters. The third-order valence-electron chi connectivity index (χ3n) is 6.47. The number of carbonyl (C=O) groups is 2. The van der Waals surface area contributed by atoms with E-state index in [-0.39, 0.29) is 30.8 Å². The smallest absolute Gasteiger partial charge is 0.243 e. The fourth-order valence-corrected chi connectivity index (χ4v) is 4.61. The summed E-state index contributed by atoms with van der Waals surface area (Å²) in [5, 5.41) is 3.19. The van der Waals surface area contributed by atoms with Gasteiger partial charge in [0.25, 0.3) is 0 Å². The highest BCUT2D eigenvalue weighted by Gasteiger charge is 2.32. The lowest BCUT2D eigenvalue weighted by Crippen LogP contribution is -2.52. The predicted molar refractivity (Wildman–Crippen MR) is 131 cm³/mol. The van der Waals surface area contributed by atoms with Crippen molar-refractivity contribution < 1.29 is 14.0 Å². The first-order valence-electron chi connectivity index (χ1n) is 12.0. The van der Waals surface area contributed by atoms with E-state index in [0.29, 0.717) is 12.0 Å². The summed E-state index contributed by atoms with van der Waals surface area (Å²) in [6.07, 6.45) is 4.44. The van der Waals surface area contributed by atoms with E-state index in [2.05, 4.69) is 5.32 Å². The molecule has 0 aromatic heterocycles. The van der Waals surface area contributed by atoms with Crippen LogP contribution in [0.5, 0.6) is 0 Å². The highest BCUT2D eigenvalue weighted by molar-refractivity contribution is 5.89. The Labute approximate surface area is 200 Å². The lowest BCUT2D eigenvalue weighted by Gasteiger charge is -2.32. The lowest BCUT2D eigenvalue weighted by molar-refractivity contribution is -0.141. The van der Waals surface area contributed by atoms with Crippen molar-refractivity contribution in [3.8, 4) is 0 Å². The molecule has 0 bridgehead atoms. The number of benzene rings is 3. The van der Waals surface area contributed by atoms with Crippen molar-refractivity contribution in [2.24, 2.45) is 0 Å². The van der Waals surface area contributed by atoms with E-state index in [1.807, 2.05) is 60.7 Å². The fraction of sp³-hybridized carbons (Fsp3) is 0.310. The molecule has 0 radical (unpaired) electrons. The highest BCUT2D eigenvalue weighted by Crippen LogP contribution is 2.21. The number of rotatable bonds is 9. The molecule has 34 heavy (non-hydrogen) atoms. The molecule has 2 amide bonds. The van der Waals surface area contributed by atoms with Gasteiger partial charge in [-0.3, -0.25) is 9.59 Å². The maximum atomic E-state index is 14.4. The van der Waals surface area contributed by atoms with Crippen molar-refractivity contribution in [2.75, 3.05) is 0 Å². The average Bonchev–Trinajstić information content (AvgIpc) is 3.37. The molecule has 1 N–H and O–H groups in total. The third kappa shape index (κ3) is 6.31. The van der Waals surface area contributed by atoms with Gasteiger partial charge in [-0.1, -0.05) is 91.7 Å². The minimum absolute atomic E-state index is 0.0957. The number of hydrogen-bond acceptors (Lipinski definition) is 2. The van der Waals surface area contributed by atoms with Crippen molar-refractivity contribution in [1.82, 2.24) is 10.2 Å². The first-order chi connectivity index (χ1) is 16.6. The maximum absolute atomic E-state index is 14.4. The van der Waals surface area contributed by atoms with Gasteiger partial charge in [0.15, 0.2) is 0 Å². The normalized spacial score (nSPS) is 14.5. The number of amides is 2. The van der Waals surface area contributed by atoms with Gasteiger partial charge in [0.2, 0.25) is 11.8 Å². The zero-order valence-corrected chi connectivity index (χ0v) is 19.3. The Morgan fingerprint density at radius 1 is 0.853 bits per heavy atom. The second-order valence-electron chi connectivity index (χ2n) is 8.97. The maximum Gasteiger partial charge on any atom is 0.243 e. The van der Waals surface area contributed by atoms with E-state index in [1.54, 1.807) is 23.1 Å². The number of nitrogens with zero attached hydrogens (tertiary/aromatic N) is 1. The molecule has 3 aromatic carbocycles. The molecule has 5 heteroatoms. The number of nitrogens with one attached hydrogen (secondary N) is 1. The van der Waals surface area contributed by atoms with E-state index in [0.717, 1.165) is 36.8 Å². The minimum atomic E-state index is -0.692. The summed E-state index contributed by atoms with van der Waals surface area (Å²) >= 11 is 0. The summed E-state index contributed by atoms with van der Waals surface area (Å²) in [4.78, 5) is 28.8. The van der Waals surface area contributed by atoms with Gasteiger partial charge < -0.3 is 10.2 Å². The van der Waals surface area contributed by atoms with E-state index < -0.39 is 11.9 Å². The molecule has 176 valence electrons. The van der Waals surface area contributed by atoms with Gasteiger partial charge in [0.1, 0.15) is 11.9 Å². The average molecular weight is 459 g/mol. The van der Waals surface area contributed by atoms with Crippen LogP contribution in [0.2, 0.25) is 0 Å². The molecule has 0 heterocycles. The Balaban J connectivity index is 1.65. The molecular formula is C29H31FN2O2. The molecule has 1 aliphatic rings. The summed E-state index contributed by atoms with van der Waals surface area (Å²) in [7, 11) is 0. The predicted octanol–water partition coefficient (Wildman–Crippen LogP) is 5.07. The van der Waals surface area contributed by atoms with Crippen LogP contribution in [-0.2, 0) is 29.0 Å². The SMILES string of the molecule is O=C(NC1CCCC1)C(Cc1ccccc1)N(Cc1ccccc1)C(=O)Cc1ccccc1F. The zero-order valence-electron chi connectivity index (χ0n) is 19.3. The van der Waals surface area contributed by atoms with Gasteiger partial charge in [-0.15, -0.1) is 0 Å². The second-order valence-corrected chi connectivity index (χ2v) is 8.97. The molecule has 1 fully saturated rings. The molecule has 1 saturated carbocycles. The molecule has 1 aliphatic carbocycles. The third-order valence-corrected chi connectivity index (χ3v) is 6.47. The molecule has 0 aliphatic heterocycles. The van der Waals surface area contributed by atoms with Crippen molar-refractivity contribution in [2.45, 2.75) is 57.2 Å². The fourth-order valence-electron chi connectivity index (χ4n) is 4.61. The Morgan fingerprint density at radius 2 is 1.44 bits per heavy atom. The van der Waals surface area contributed by atoms with Crippen LogP contribution in [0, 0.1) is 5.82 Å². The van der Waals surface area contributed by atoms with E-state index in [9.17, 15) is 14.0 Å². The van der Waals surface area contributed by atoms with E-state index in [4.69, 9.17) is 0 Å². The summed E-state index contributed by atoms with van der Waals surface area (Å²) in [6, 6.07) is 25.1. The van der Waals surface area contributed by atoms with Crippen LogP contribution >= 0.6 is 0 Å². The van der Waals surface area contributed by atoms with Crippen molar-refractivity contribution >= 4 is 11.8 Å². The molecule has 0 spiro atoms. The highest BCUT2D eigenvalue weighted by atomic mass is 19.1. The van der Waals surface area contributed by atoms with E-state index in [1.165, 1.54) is 6.07 Å². The lowest BCUT2D eigenvalue weighted by atomic mass is 10.0. The summed E-state index contributed by atoms with van der Waals surface area (Å²) < 4.78 is 14.4. The molecular weight excluding hydrogens is 427 g/mol. The molecule has 4 nitrogen and oxygen atoms in total. The van der Waals surface area contributed by atoms with Gasteiger partial charge in [-0.25, -0.2) is 4.39 Å². The van der Waals surface area contributed by atoms with Gasteiger partial charge in [0, 0.05) is 19.0 Å². The molecule has 0 saturated heterocycles.